The van der Waals surface area contributed by atoms with Gasteiger partial charge in [-0.2, -0.15) is 0 Å². The molecule has 0 spiro atoms. The molecule has 176 valence electrons. The highest BCUT2D eigenvalue weighted by Gasteiger charge is 2.32. The van der Waals surface area contributed by atoms with Crippen LogP contribution in [0.4, 0.5) is 5.69 Å². The maximum Gasteiger partial charge on any atom is 0.257 e. The van der Waals surface area contributed by atoms with Gasteiger partial charge in [0.2, 0.25) is 0 Å². The summed E-state index contributed by atoms with van der Waals surface area (Å²) >= 11 is 12.8. The van der Waals surface area contributed by atoms with Crippen LogP contribution in [0, 0.1) is 11.8 Å². The van der Waals surface area contributed by atoms with Crippen LogP contribution in [0.15, 0.2) is 51.3 Å². The number of hydrogen-bond donors (Lipinski definition) is 1. The van der Waals surface area contributed by atoms with Crippen LogP contribution in [-0.2, 0) is 11.0 Å². The van der Waals surface area contributed by atoms with Crippen molar-refractivity contribution < 1.29 is 4.21 Å². The number of fused-ring (bicyclic) bond motifs is 1. The average molecular weight is 506 g/mol. The van der Waals surface area contributed by atoms with Gasteiger partial charge in [-0.1, -0.05) is 29.3 Å². The zero-order valence-electron chi connectivity index (χ0n) is 18.6. The Morgan fingerprint density at radius 3 is 2.39 bits per heavy atom. The second-order valence-electron chi connectivity index (χ2n) is 9.25. The smallest absolute Gasteiger partial charge is 0.257 e. The van der Waals surface area contributed by atoms with Gasteiger partial charge in [0.25, 0.3) is 5.56 Å². The third kappa shape index (κ3) is 4.81. The number of hydrogen-bond acceptors (Lipinski definition) is 3. The van der Waals surface area contributed by atoms with Gasteiger partial charge in [-0.05, 0) is 80.0 Å². The van der Waals surface area contributed by atoms with Crippen LogP contribution in [0.1, 0.15) is 38.5 Å². The third-order valence-electron chi connectivity index (χ3n) is 7.37. The zero-order valence-corrected chi connectivity index (χ0v) is 20.9. The lowest BCUT2D eigenvalue weighted by molar-refractivity contribution is 0.187. The number of pyridine rings is 1. The van der Waals surface area contributed by atoms with Gasteiger partial charge in [0.15, 0.2) is 0 Å². The normalized spacial score (nSPS) is 22.3. The number of nitrogens with zero attached hydrogens (tertiary/aromatic N) is 2. The first kappa shape index (κ1) is 23.2. The number of piperidine rings is 2. The molecule has 33 heavy (non-hydrogen) atoms. The lowest BCUT2D eigenvalue weighted by Crippen LogP contribution is -2.41. The summed E-state index contributed by atoms with van der Waals surface area (Å²) in [5.74, 6) is 1.39. The van der Waals surface area contributed by atoms with Crippen LogP contribution in [0.5, 0.6) is 0 Å². The number of anilines is 1. The Bertz CT molecular complexity index is 1180. The van der Waals surface area contributed by atoms with Crippen molar-refractivity contribution in [1.82, 2.24) is 9.29 Å². The second-order valence-corrected chi connectivity index (χ2v) is 11.6. The number of aromatic nitrogens is 1. The van der Waals surface area contributed by atoms with E-state index in [1.807, 2.05) is 18.2 Å². The molecule has 1 N–H and O–H groups in total. The molecule has 1 unspecified atom stereocenters. The van der Waals surface area contributed by atoms with Crippen molar-refractivity contribution >= 4 is 50.6 Å². The number of nitrogens with one attached hydrogen (secondary N) is 1. The Morgan fingerprint density at radius 2 is 1.70 bits per heavy atom. The lowest BCUT2D eigenvalue weighted by atomic mass is 9.79. The maximum absolute atomic E-state index is 13.0. The van der Waals surface area contributed by atoms with Crippen molar-refractivity contribution in [3.8, 4) is 0 Å². The molecule has 0 radical (unpaired) electrons. The molecule has 0 amide bonds. The molecule has 5 rings (SSSR count). The number of rotatable bonds is 4. The number of H-pyrrole nitrogens is 1. The quantitative estimate of drug-likeness (QED) is 0.590. The van der Waals surface area contributed by atoms with Gasteiger partial charge in [-0.25, -0.2) is 8.51 Å². The summed E-state index contributed by atoms with van der Waals surface area (Å²) < 4.78 is 15.1. The first-order valence-electron chi connectivity index (χ1n) is 11.8. The molecule has 1 aromatic heterocycles. The topological polar surface area (TPSA) is 56.4 Å². The largest absolute Gasteiger partial charge is 0.371 e. The summed E-state index contributed by atoms with van der Waals surface area (Å²) in [4.78, 5) is 18.0. The van der Waals surface area contributed by atoms with E-state index in [1.165, 1.54) is 0 Å². The van der Waals surface area contributed by atoms with Gasteiger partial charge >= 0.3 is 0 Å². The van der Waals surface area contributed by atoms with Crippen molar-refractivity contribution in [2.45, 2.75) is 38.5 Å². The summed E-state index contributed by atoms with van der Waals surface area (Å²) in [6, 6.07) is 5.90. The SMILES string of the molecule is O=c1[nH]ccc2cc(N3CCC(C4CCN(S(=O)C5=C(Cl)CCC=C5)CC4)CC3)cc(Cl)c12. The molecular formula is C25H29Cl2N3O2S. The molecule has 8 heteroatoms. The van der Waals surface area contributed by atoms with E-state index in [0.717, 1.165) is 85.7 Å². The maximum atomic E-state index is 13.0. The first-order valence-corrected chi connectivity index (χ1v) is 13.7. The Balaban J connectivity index is 1.18. The first-order chi connectivity index (χ1) is 16.0. The van der Waals surface area contributed by atoms with Crippen molar-refractivity contribution in [2.75, 3.05) is 31.1 Å². The number of halogens is 2. The minimum absolute atomic E-state index is 0.145. The van der Waals surface area contributed by atoms with Crippen LogP contribution in [0.2, 0.25) is 5.02 Å². The van der Waals surface area contributed by atoms with Gasteiger partial charge in [-0.3, -0.25) is 4.79 Å². The van der Waals surface area contributed by atoms with Gasteiger partial charge < -0.3 is 9.88 Å². The highest BCUT2D eigenvalue weighted by Crippen LogP contribution is 2.36. The van der Waals surface area contributed by atoms with Gasteiger partial charge in [0.05, 0.1) is 15.3 Å². The molecule has 2 aromatic rings. The number of aromatic amines is 1. The summed E-state index contributed by atoms with van der Waals surface area (Å²) in [5.41, 5.74) is 0.945. The zero-order chi connectivity index (χ0) is 22.9. The predicted octanol–water partition coefficient (Wildman–Crippen LogP) is 5.57. The third-order valence-corrected chi connectivity index (χ3v) is 9.77. The van der Waals surface area contributed by atoms with Crippen LogP contribution in [0.3, 0.4) is 0 Å². The van der Waals surface area contributed by atoms with Gasteiger partial charge in [0, 0.05) is 43.1 Å². The lowest BCUT2D eigenvalue weighted by Gasteiger charge is -2.40. The van der Waals surface area contributed by atoms with E-state index in [1.54, 1.807) is 6.20 Å². The fraction of sp³-hybridized carbons (Fsp3) is 0.480. The molecule has 1 aromatic carbocycles. The molecule has 1 aliphatic carbocycles. The van der Waals surface area contributed by atoms with E-state index in [2.05, 4.69) is 26.3 Å². The Kier molecular flexibility index (Phi) is 6.98. The molecule has 0 saturated carbocycles. The van der Waals surface area contributed by atoms with E-state index in [0.29, 0.717) is 22.2 Å². The average Bonchev–Trinajstić information content (AvgIpc) is 2.84. The number of allylic oxidation sites excluding steroid dienone is 3. The van der Waals surface area contributed by atoms with Crippen LogP contribution >= 0.6 is 23.2 Å². The minimum atomic E-state index is -1.14. The molecular weight excluding hydrogens is 477 g/mol. The van der Waals surface area contributed by atoms with Crippen molar-refractivity contribution in [3.63, 3.8) is 0 Å². The molecule has 1 atom stereocenters. The summed E-state index contributed by atoms with van der Waals surface area (Å²) in [7, 11) is -1.14. The van der Waals surface area contributed by atoms with Crippen LogP contribution in [0.25, 0.3) is 10.8 Å². The monoisotopic (exact) mass is 505 g/mol. The molecule has 2 aliphatic heterocycles. The highest BCUT2D eigenvalue weighted by atomic mass is 35.5. The molecule has 0 bridgehead atoms. The van der Waals surface area contributed by atoms with E-state index >= 15 is 0 Å². The summed E-state index contributed by atoms with van der Waals surface area (Å²) in [6.45, 7) is 3.73. The van der Waals surface area contributed by atoms with Crippen LogP contribution in [-0.4, -0.2) is 39.7 Å². The van der Waals surface area contributed by atoms with Gasteiger partial charge in [-0.15, -0.1) is 0 Å². The van der Waals surface area contributed by atoms with E-state index in [4.69, 9.17) is 23.2 Å². The number of benzene rings is 1. The molecule has 5 nitrogen and oxygen atoms in total. The van der Waals surface area contributed by atoms with E-state index in [9.17, 15) is 9.00 Å². The van der Waals surface area contributed by atoms with Crippen LogP contribution < -0.4 is 10.5 Å². The van der Waals surface area contributed by atoms with E-state index in [-0.39, 0.29) is 5.56 Å². The molecule has 3 heterocycles. The highest BCUT2D eigenvalue weighted by molar-refractivity contribution is 7.87. The van der Waals surface area contributed by atoms with Crippen molar-refractivity contribution in [3.05, 3.63) is 61.9 Å². The van der Waals surface area contributed by atoms with Crippen molar-refractivity contribution in [1.29, 1.82) is 0 Å². The van der Waals surface area contributed by atoms with E-state index < -0.39 is 11.0 Å². The Morgan fingerprint density at radius 1 is 1.00 bits per heavy atom. The van der Waals surface area contributed by atoms with Gasteiger partial charge in [0.1, 0.15) is 11.0 Å². The molecule has 3 aliphatic rings. The Hall–Kier alpha value is -1.60. The summed E-state index contributed by atoms with van der Waals surface area (Å²) in [6.07, 6.45) is 11.9. The fourth-order valence-electron chi connectivity index (χ4n) is 5.49. The fourth-order valence-corrected chi connectivity index (χ4v) is 7.50. The molecule has 2 saturated heterocycles. The standard InChI is InChI=1S/C25H29Cl2N3O2S/c26-21-3-1-2-4-23(21)33(32)30-13-8-18(9-14-30)17-6-11-29(12-7-17)20-15-19-5-10-28-25(31)24(19)22(27)16-20/h2,4-5,10,15-18H,1,3,6-9,11-14H2,(H,28,31). The predicted molar refractivity (Wildman–Crippen MR) is 138 cm³/mol. The van der Waals surface area contributed by atoms with Crippen molar-refractivity contribution in [2.24, 2.45) is 11.8 Å². The minimum Gasteiger partial charge on any atom is -0.371 e. The summed E-state index contributed by atoms with van der Waals surface area (Å²) in [5, 5.41) is 2.70. The second kappa shape index (κ2) is 9.95. The molecule has 2 fully saturated rings. The Labute approximate surface area is 207 Å².